The first-order valence-corrected chi connectivity index (χ1v) is 7.66. The van der Waals surface area contributed by atoms with Gasteiger partial charge in [-0.2, -0.15) is 5.10 Å². The first-order valence-electron chi connectivity index (χ1n) is 6.78. The van der Waals surface area contributed by atoms with Crippen molar-refractivity contribution in [3.05, 3.63) is 28.8 Å². The van der Waals surface area contributed by atoms with Crippen LogP contribution in [0.5, 0.6) is 17.2 Å². The Kier molecular flexibility index (Phi) is 5.60. The van der Waals surface area contributed by atoms with E-state index in [0.29, 0.717) is 23.9 Å². The molecule has 0 saturated heterocycles. The van der Waals surface area contributed by atoms with Crippen molar-refractivity contribution in [3.63, 3.8) is 0 Å². The van der Waals surface area contributed by atoms with Crippen LogP contribution in [0.15, 0.2) is 22.6 Å². The summed E-state index contributed by atoms with van der Waals surface area (Å²) in [6.07, 6.45) is 1.68. The summed E-state index contributed by atoms with van der Waals surface area (Å²) in [5.74, 6) is 1.80. The lowest BCUT2D eigenvalue weighted by Gasteiger charge is -2.14. The normalized spacial score (nSPS) is 10.7. The minimum absolute atomic E-state index is 0.533. The van der Waals surface area contributed by atoms with Gasteiger partial charge in [0.05, 0.1) is 32.7 Å². The van der Waals surface area contributed by atoms with Gasteiger partial charge in [-0.25, -0.2) is 4.98 Å². The molecule has 22 heavy (non-hydrogen) atoms. The molecule has 2 rings (SSSR count). The number of nitrogens with one attached hydrogen (secondary N) is 1. The van der Waals surface area contributed by atoms with Crippen molar-refractivity contribution in [2.45, 2.75) is 13.8 Å². The smallest absolute Gasteiger partial charge is 0.203 e. The summed E-state index contributed by atoms with van der Waals surface area (Å²) < 4.78 is 16.3. The van der Waals surface area contributed by atoms with E-state index < -0.39 is 0 Å². The lowest BCUT2D eigenvalue weighted by Crippen LogP contribution is -2.00. The van der Waals surface area contributed by atoms with Crippen LogP contribution in [0.2, 0.25) is 0 Å². The Hall–Kier alpha value is -2.28. The number of methoxy groups -OCH3 is 2. The van der Waals surface area contributed by atoms with E-state index in [2.05, 4.69) is 15.5 Å². The highest BCUT2D eigenvalue weighted by Crippen LogP contribution is 2.38. The molecule has 0 aliphatic carbocycles. The second kappa shape index (κ2) is 7.65. The maximum atomic E-state index is 5.56. The molecule has 0 spiro atoms. The maximum Gasteiger partial charge on any atom is 0.203 e. The third kappa shape index (κ3) is 3.88. The number of hydrogen-bond acceptors (Lipinski definition) is 7. The van der Waals surface area contributed by atoms with Crippen molar-refractivity contribution < 1.29 is 14.2 Å². The summed E-state index contributed by atoms with van der Waals surface area (Å²) in [5, 5.41) is 6.88. The third-order valence-corrected chi connectivity index (χ3v) is 3.63. The quantitative estimate of drug-likeness (QED) is 0.626. The first-order chi connectivity index (χ1) is 10.7. The molecule has 0 saturated carbocycles. The molecule has 0 radical (unpaired) electrons. The van der Waals surface area contributed by atoms with Crippen LogP contribution in [0.25, 0.3) is 0 Å². The largest absolute Gasteiger partial charge is 0.493 e. The van der Waals surface area contributed by atoms with Crippen LogP contribution in [-0.2, 0) is 0 Å². The van der Waals surface area contributed by atoms with Gasteiger partial charge in [-0.05, 0) is 26.0 Å². The number of ether oxygens (including phenoxy) is 3. The molecule has 1 heterocycles. The highest BCUT2D eigenvalue weighted by atomic mass is 32.1. The van der Waals surface area contributed by atoms with Crippen LogP contribution in [0.1, 0.15) is 18.2 Å². The van der Waals surface area contributed by atoms with E-state index in [0.717, 1.165) is 16.4 Å². The summed E-state index contributed by atoms with van der Waals surface area (Å²) in [6, 6.07) is 3.68. The number of aryl methyl sites for hydroxylation is 1. The average molecular weight is 321 g/mol. The Morgan fingerprint density at radius 1 is 1.27 bits per heavy atom. The Morgan fingerprint density at radius 2 is 1.95 bits per heavy atom. The highest BCUT2D eigenvalue weighted by molar-refractivity contribution is 7.13. The van der Waals surface area contributed by atoms with Crippen molar-refractivity contribution >= 4 is 22.7 Å². The van der Waals surface area contributed by atoms with Gasteiger partial charge in [0.1, 0.15) is 0 Å². The van der Waals surface area contributed by atoms with Crippen LogP contribution in [0, 0.1) is 6.92 Å². The molecule has 0 unspecified atom stereocenters. The monoisotopic (exact) mass is 321 g/mol. The van der Waals surface area contributed by atoms with Gasteiger partial charge in [0, 0.05) is 10.9 Å². The van der Waals surface area contributed by atoms with Gasteiger partial charge in [-0.15, -0.1) is 11.3 Å². The van der Waals surface area contributed by atoms with E-state index in [1.165, 1.54) is 11.3 Å². The fourth-order valence-corrected chi connectivity index (χ4v) is 2.47. The Morgan fingerprint density at radius 3 is 2.45 bits per heavy atom. The standard InChI is InChI=1S/C15H19N3O3S/c1-5-21-14-12(19-3)6-11(7-13(14)20-4)8-16-18-15-17-10(2)9-22-15/h6-9H,5H2,1-4H3,(H,17,18). The number of aromatic nitrogens is 1. The van der Waals surface area contributed by atoms with E-state index in [1.54, 1.807) is 20.4 Å². The number of rotatable bonds is 7. The van der Waals surface area contributed by atoms with E-state index in [1.807, 2.05) is 31.4 Å². The number of nitrogens with zero attached hydrogens (tertiary/aromatic N) is 2. The fourth-order valence-electron chi connectivity index (χ4n) is 1.83. The van der Waals surface area contributed by atoms with Gasteiger partial charge in [0.25, 0.3) is 0 Å². The first kappa shape index (κ1) is 16.1. The summed E-state index contributed by atoms with van der Waals surface area (Å²) >= 11 is 1.50. The summed E-state index contributed by atoms with van der Waals surface area (Å²) in [6.45, 7) is 4.38. The van der Waals surface area contributed by atoms with Crippen molar-refractivity contribution in [1.82, 2.24) is 4.98 Å². The van der Waals surface area contributed by atoms with E-state index in [9.17, 15) is 0 Å². The van der Waals surface area contributed by atoms with Gasteiger partial charge >= 0.3 is 0 Å². The summed E-state index contributed by atoms with van der Waals surface area (Å²) in [7, 11) is 3.18. The lowest BCUT2D eigenvalue weighted by atomic mass is 10.2. The molecular formula is C15H19N3O3S. The van der Waals surface area contributed by atoms with Gasteiger partial charge in [-0.3, -0.25) is 5.43 Å². The zero-order chi connectivity index (χ0) is 15.9. The Bertz CT molecular complexity index is 630. The minimum atomic E-state index is 0.533. The summed E-state index contributed by atoms with van der Waals surface area (Å²) in [4.78, 5) is 4.27. The molecule has 1 aromatic heterocycles. The molecule has 0 atom stereocenters. The second-order valence-corrected chi connectivity index (χ2v) is 5.21. The lowest BCUT2D eigenvalue weighted by molar-refractivity contribution is 0.288. The number of anilines is 1. The molecule has 2 aromatic rings. The maximum absolute atomic E-state index is 5.56. The number of hydrogen-bond donors (Lipinski definition) is 1. The van der Waals surface area contributed by atoms with Crippen molar-refractivity contribution in [3.8, 4) is 17.2 Å². The molecule has 0 aliphatic heterocycles. The zero-order valence-electron chi connectivity index (χ0n) is 13.0. The van der Waals surface area contributed by atoms with Crippen LogP contribution in [0.4, 0.5) is 5.13 Å². The number of benzene rings is 1. The predicted octanol–water partition coefficient (Wildman–Crippen LogP) is 3.31. The fraction of sp³-hybridized carbons (Fsp3) is 0.333. The molecule has 0 bridgehead atoms. The van der Waals surface area contributed by atoms with Gasteiger partial charge < -0.3 is 14.2 Å². The Labute approximate surface area is 133 Å². The molecule has 0 fully saturated rings. The molecule has 118 valence electrons. The molecule has 0 amide bonds. The Balaban J connectivity index is 2.19. The molecule has 1 N–H and O–H groups in total. The molecule has 1 aromatic carbocycles. The molecule has 6 nitrogen and oxygen atoms in total. The van der Waals surface area contributed by atoms with Crippen molar-refractivity contribution in [2.75, 3.05) is 26.3 Å². The minimum Gasteiger partial charge on any atom is -0.493 e. The van der Waals surface area contributed by atoms with Crippen LogP contribution >= 0.6 is 11.3 Å². The van der Waals surface area contributed by atoms with E-state index in [-0.39, 0.29) is 0 Å². The van der Waals surface area contributed by atoms with Crippen LogP contribution in [-0.4, -0.2) is 32.0 Å². The SMILES string of the molecule is CCOc1c(OC)cc(C=NNc2nc(C)cs2)cc1OC. The van der Waals surface area contributed by atoms with Gasteiger partial charge in [-0.1, -0.05) is 0 Å². The average Bonchev–Trinajstić information content (AvgIpc) is 2.93. The summed E-state index contributed by atoms with van der Waals surface area (Å²) in [5.41, 5.74) is 4.69. The number of hydrazone groups is 1. The zero-order valence-corrected chi connectivity index (χ0v) is 13.9. The van der Waals surface area contributed by atoms with Crippen molar-refractivity contribution in [1.29, 1.82) is 0 Å². The van der Waals surface area contributed by atoms with Crippen molar-refractivity contribution in [2.24, 2.45) is 5.10 Å². The second-order valence-electron chi connectivity index (χ2n) is 4.35. The van der Waals surface area contributed by atoms with E-state index >= 15 is 0 Å². The number of thiazole rings is 1. The van der Waals surface area contributed by atoms with E-state index in [4.69, 9.17) is 14.2 Å². The highest BCUT2D eigenvalue weighted by Gasteiger charge is 2.13. The molecular weight excluding hydrogens is 302 g/mol. The van der Waals surface area contributed by atoms with Crippen LogP contribution in [0.3, 0.4) is 0 Å². The molecule has 7 heteroatoms. The predicted molar refractivity (Wildman–Crippen MR) is 88.8 cm³/mol. The topological polar surface area (TPSA) is 65.0 Å². The third-order valence-electron chi connectivity index (χ3n) is 2.76. The van der Waals surface area contributed by atoms with Gasteiger partial charge in [0.2, 0.25) is 10.9 Å². The van der Waals surface area contributed by atoms with Crippen LogP contribution < -0.4 is 19.6 Å². The van der Waals surface area contributed by atoms with Gasteiger partial charge in [0.15, 0.2) is 11.5 Å². The molecule has 0 aliphatic rings.